The van der Waals surface area contributed by atoms with E-state index < -0.39 is 6.09 Å². The summed E-state index contributed by atoms with van der Waals surface area (Å²) in [6, 6.07) is 9.34. The largest absolute Gasteiger partial charge is 0.507 e. The molecule has 1 saturated heterocycles. The molecule has 2 aromatic rings. The van der Waals surface area contributed by atoms with Gasteiger partial charge in [0.15, 0.2) is 0 Å². The SMILES string of the molecule is C=CCc1ccc(O)c(-c2cc(CC=C)cc(CN3CCC(COC(N)=O)CC3)c2O)c1. The van der Waals surface area contributed by atoms with Gasteiger partial charge in [0.25, 0.3) is 0 Å². The van der Waals surface area contributed by atoms with Gasteiger partial charge in [-0.2, -0.15) is 0 Å². The van der Waals surface area contributed by atoms with E-state index in [1.807, 2.05) is 36.4 Å². The van der Waals surface area contributed by atoms with E-state index in [1.165, 1.54) is 0 Å². The Morgan fingerprint density at radius 3 is 2.38 bits per heavy atom. The maximum absolute atomic E-state index is 11.2. The summed E-state index contributed by atoms with van der Waals surface area (Å²) >= 11 is 0. The van der Waals surface area contributed by atoms with Crippen molar-refractivity contribution in [3.63, 3.8) is 0 Å². The van der Waals surface area contributed by atoms with Crippen molar-refractivity contribution >= 4 is 6.09 Å². The molecule has 0 bridgehead atoms. The average Bonchev–Trinajstić information content (AvgIpc) is 2.77. The van der Waals surface area contributed by atoms with Crippen molar-refractivity contribution in [1.29, 1.82) is 0 Å². The number of aromatic hydroxyl groups is 2. The smallest absolute Gasteiger partial charge is 0.404 e. The summed E-state index contributed by atoms with van der Waals surface area (Å²) in [5.74, 6) is 0.618. The lowest BCUT2D eigenvalue weighted by Gasteiger charge is -2.32. The van der Waals surface area contributed by atoms with Crippen molar-refractivity contribution in [3.05, 3.63) is 72.3 Å². The predicted molar refractivity (Wildman–Crippen MR) is 127 cm³/mol. The third kappa shape index (κ3) is 5.92. The van der Waals surface area contributed by atoms with Gasteiger partial charge in [0, 0.05) is 23.2 Å². The zero-order chi connectivity index (χ0) is 23.1. The number of nitrogens with zero attached hydrogens (tertiary/aromatic N) is 1. The molecular weight excluding hydrogens is 404 g/mol. The fourth-order valence-electron chi connectivity index (χ4n) is 4.22. The highest BCUT2D eigenvalue weighted by Gasteiger charge is 2.22. The Morgan fingerprint density at radius 2 is 1.72 bits per heavy atom. The number of hydrogen-bond donors (Lipinski definition) is 3. The first-order valence-electron chi connectivity index (χ1n) is 10.9. The van der Waals surface area contributed by atoms with Crippen LogP contribution in [-0.4, -0.2) is 40.9 Å². The van der Waals surface area contributed by atoms with Crippen molar-refractivity contribution < 1.29 is 19.7 Å². The van der Waals surface area contributed by atoms with E-state index in [9.17, 15) is 15.0 Å². The zero-order valence-electron chi connectivity index (χ0n) is 18.4. The molecule has 0 unspecified atom stereocenters. The van der Waals surface area contributed by atoms with Crippen LogP contribution < -0.4 is 5.73 Å². The van der Waals surface area contributed by atoms with E-state index in [2.05, 4.69) is 18.1 Å². The third-order valence-electron chi connectivity index (χ3n) is 5.92. The Kier molecular flexibility index (Phi) is 7.95. The Morgan fingerprint density at radius 1 is 1.06 bits per heavy atom. The first-order chi connectivity index (χ1) is 15.4. The van der Waals surface area contributed by atoms with Crippen LogP contribution in [-0.2, 0) is 24.1 Å². The van der Waals surface area contributed by atoms with Gasteiger partial charge in [-0.15, -0.1) is 13.2 Å². The standard InChI is InChI=1S/C26H32N2O4/c1-3-5-18-7-8-24(29)22(14-18)23-15-20(6-4-2)13-21(25(23)30)16-28-11-9-19(10-12-28)17-32-26(27)31/h3-4,7-8,13-15,19,29-30H,1-2,5-6,9-12,16-17H2,(H2,27,31). The highest BCUT2D eigenvalue weighted by atomic mass is 16.5. The zero-order valence-corrected chi connectivity index (χ0v) is 18.4. The van der Waals surface area contributed by atoms with Gasteiger partial charge in [-0.05, 0) is 74.0 Å². The maximum atomic E-state index is 11.2. The molecule has 2 aromatic carbocycles. The van der Waals surface area contributed by atoms with Gasteiger partial charge >= 0.3 is 6.09 Å². The van der Waals surface area contributed by atoms with Gasteiger partial charge in [-0.3, -0.25) is 4.90 Å². The number of allylic oxidation sites excluding steroid dienone is 2. The van der Waals surface area contributed by atoms with E-state index in [4.69, 9.17) is 10.5 Å². The lowest BCUT2D eigenvalue weighted by atomic mass is 9.93. The Bertz CT molecular complexity index is 978. The fraction of sp³-hybridized carbons (Fsp3) is 0.346. The van der Waals surface area contributed by atoms with E-state index in [1.54, 1.807) is 6.07 Å². The summed E-state index contributed by atoms with van der Waals surface area (Å²) in [6.45, 7) is 10.3. The summed E-state index contributed by atoms with van der Waals surface area (Å²) in [5.41, 5.74) is 9.15. The molecule has 3 rings (SSSR count). The Hall–Kier alpha value is -3.25. The molecule has 0 aliphatic carbocycles. The first kappa shape index (κ1) is 23.4. The molecule has 1 aliphatic heterocycles. The molecule has 0 spiro atoms. The van der Waals surface area contributed by atoms with E-state index in [0.29, 0.717) is 43.0 Å². The normalized spacial score (nSPS) is 14.8. The molecule has 0 aromatic heterocycles. The minimum atomic E-state index is -0.732. The fourth-order valence-corrected chi connectivity index (χ4v) is 4.22. The van der Waals surface area contributed by atoms with Crippen LogP contribution in [0.5, 0.6) is 11.5 Å². The number of benzene rings is 2. The summed E-state index contributed by atoms with van der Waals surface area (Å²) in [5, 5.41) is 21.7. The summed E-state index contributed by atoms with van der Waals surface area (Å²) in [4.78, 5) is 13.1. The molecule has 0 radical (unpaired) electrons. The number of nitrogens with two attached hydrogens (primary N) is 1. The molecule has 170 valence electrons. The average molecular weight is 437 g/mol. The summed E-state index contributed by atoms with van der Waals surface area (Å²) < 4.78 is 4.94. The minimum absolute atomic E-state index is 0.130. The molecule has 1 fully saturated rings. The van der Waals surface area contributed by atoms with E-state index in [0.717, 1.165) is 42.6 Å². The highest BCUT2D eigenvalue weighted by Crippen LogP contribution is 2.40. The molecule has 6 nitrogen and oxygen atoms in total. The van der Waals surface area contributed by atoms with Crippen LogP contribution in [0.2, 0.25) is 0 Å². The van der Waals surface area contributed by atoms with Crippen LogP contribution in [0.25, 0.3) is 11.1 Å². The second-order valence-electron chi connectivity index (χ2n) is 8.34. The number of rotatable bonds is 9. The summed E-state index contributed by atoms with van der Waals surface area (Å²) in [7, 11) is 0. The molecule has 1 aliphatic rings. The van der Waals surface area contributed by atoms with Crippen molar-refractivity contribution in [2.75, 3.05) is 19.7 Å². The predicted octanol–water partition coefficient (Wildman–Crippen LogP) is 4.53. The van der Waals surface area contributed by atoms with Crippen molar-refractivity contribution in [1.82, 2.24) is 4.90 Å². The van der Waals surface area contributed by atoms with Gasteiger partial charge in [0.05, 0.1) is 6.61 Å². The molecular formula is C26H32N2O4. The quantitative estimate of drug-likeness (QED) is 0.502. The Balaban J connectivity index is 1.84. The second-order valence-corrected chi connectivity index (χ2v) is 8.34. The lowest BCUT2D eigenvalue weighted by Crippen LogP contribution is -2.35. The Labute approximate surface area is 189 Å². The van der Waals surface area contributed by atoms with Crippen LogP contribution in [0.3, 0.4) is 0 Å². The number of carbonyl (C=O) groups excluding carboxylic acids is 1. The number of carbonyl (C=O) groups is 1. The van der Waals surface area contributed by atoms with Gasteiger partial charge < -0.3 is 20.7 Å². The van der Waals surface area contributed by atoms with Crippen molar-refractivity contribution in [2.45, 2.75) is 32.2 Å². The molecule has 0 saturated carbocycles. The summed E-state index contributed by atoms with van der Waals surface area (Å²) in [6.07, 6.45) is 6.06. The number of likely N-dealkylation sites (tertiary alicyclic amines) is 1. The van der Waals surface area contributed by atoms with Crippen molar-refractivity contribution in [3.8, 4) is 22.6 Å². The number of hydrogen-bond acceptors (Lipinski definition) is 5. The van der Waals surface area contributed by atoms with Gasteiger partial charge in [-0.1, -0.05) is 24.3 Å². The van der Waals surface area contributed by atoms with Crippen LogP contribution >= 0.6 is 0 Å². The third-order valence-corrected chi connectivity index (χ3v) is 5.92. The molecule has 1 amide bonds. The number of ether oxygens (including phenoxy) is 1. The lowest BCUT2D eigenvalue weighted by molar-refractivity contribution is 0.0997. The molecule has 0 atom stereocenters. The van der Waals surface area contributed by atoms with Crippen LogP contribution in [0, 0.1) is 5.92 Å². The minimum Gasteiger partial charge on any atom is -0.507 e. The first-order valence-corrected chi connectivity index (χ1v) is 10.9. The van der Waals surface area contributed by atoms with Gasteiger partial charge in [-0.25, -0.2) is 4.79 Å². The van der Waals surface area contributed by atoms with Crippen LogP contribution in [0.15, 0.2) is 55.6 Å². The maximum Gasteiger partial charge on any atom is 0.404 e. The van der Waals surface area contributed by atoms with Gasteiger partial charge in [0.1, 0.15) is 11.5 Å². The second kappa shape index (κ2) is 10.9. The van der Waals surface area contributed by atoms with Gasteiger partial charge in [0.2, 0.25) is 0 Å². The highest BCUT2D eigenvalue weighted by molar-refractivity contribution is 5.78. The van der Waals surface area contributed by atoms with Crippen LogP contribution in [0.1, 0.15) is 29.5 Å². The topological polar surface area (TPSA) is 96.0 Å². The molecule has 1 heterocycles. The number of amides is 1. The number of phenolic OH excluding ortho intramolecular Hbond substituents is 2. The monoisotopic (exact) mass is 436 g/mol. The molecule has 4 N–H and O–H groups in total. The number of phenols is 2. The van der Waals surface area contributed by atoms with Crippen molar-refractivity contribution in [2.24, 2.45) is 11.7 Å². The van der Waals surface area contributed by atoms with E-state index in [-0.39, 0.29) is 11.5 Å². The molecule has 32 heavy (non-hydrogen) atoms. The molecule has 6 heteroatoms. The van der Waals surface area contributed by atoms with E-state index >= 15 is 0 Å². The number of piperidine rings is 1. The number of primary amides is 1. The van der Waals surface area contributed by atoms with Crippen LogP contribution in [0.4, 0.5) is 4.79 Å².